The Labute approximate surface area is 113 Å². The van der Waals surface area contributed by atoms with Gasteiger partial charge in [0, 0.05) is 24.3 Å². The minimum absolute atomic E-state index is 0.0768. The Morgan fingerprint density at radius 1 is 1.32 bits per heavy atom. The molecule has 0 aliphatic heterocycles. The smallest absolute Gasteiger partial charge is 0.0676 e. The Bertz CT molecular complexity index is 568. The lowest BCUT2D eigenvalue weighted by molar-refractivity contribution is 0.535. The molecule has 0 radical (unpaired) electrons. The van der Waals surface area contributed by atoms with Gasteiger partial charge in [0.05, 0.1) is 11.7 Å². The zero-order valence-electron chi connectivity index (χ0n) is 11.2. The van der Waals surface area contributed by atoms with E-state index in [0.29, 0.717) is 6.42 Å². The maximum Gasteiger partial charge on any atom is 0.0676 e. The SMILES string of the molecule is Cc1cnc(C(Cc2cnccc2N)NN)c(C)c1. The van der Waals surface area contributed by atoms with Gasteiger partial charge in [0.2, 0.25) is 0 Å². The van der Waals surface area contributed by atoms with Crippen LogP contribution in [0.25, 0.3) is 0 Å². The Morgan fingerprint density at radius 2 is 2.11 bits per heavy atom. The fourth-order valence-electron chi connectivity index (χ4n) is 2.15. The molecule has 0 saturated carbocycles. The van der Waals surface area contributed by atoms with E-state index in [-0.39, 0.29) is 6.04 Å². The van der Waals surface area contributed by atoms with Crippen LogP contribution in [0.4, 0.5) is 5.69 Å². The van der Waals surface area contributed by atoms with Gasteiger partial charge in [-0.15, -0.1) is 0 Å². The van der Waals surface area contributed by atoms with Gasteiger partial charge in [0.15, 0.2) is 0 Å². The average Bonchev–Trinajstić information content (AvgIpc) is 2.39. The van der Waals surface area contributed by atoms with Crippen LogP contribution in [-0.2, 0) is 6.42 Å². The second-order valence-corrected chi connectivity index (χ2v) is 4.71. The fraction of sp³-hybridized carbons (Fsp3) is 0.286. The first-order valence-corrected chi connectivity index (χ1v) is 6.19. The maximum absolute atomic E-state index is 5.93. The number of nitrogens with one attached hydrogen (secondary N) is 1. The van der Waals surface area contributed by atoms with Gasteiger partial charge in [0.1, 0.15) is 0 Å². The van der Waals surface area contributed by atoms with Crippen molar-refractivity contribution in [3.63, 3.8) is 0 Å². The number of hydrogen-bond donors (Lipinski definition) is 3. The van der Waals surface area contributed by atoms with Crippen molar-refractivity contribution in [2.45, 2.75) is 26.3 Å². The number of rotatable bonds is 4. The van der Waals surface area contributed by atoms with Crippen LogP contribution in [0.3, 0.4) is 0 Å². The molecule has 0 amide bonds. The zero-order chi connectivity index (χ0) is 13.8. The molecule has 1 unspecified atom stereocenters. The van der Waals surface area contributed by atoms with Crippen LogP contribution in [0.2, 0.25) is 0 Å². The highest BCUT2D eigenvalue weighted by Crippen LogP contribution is 2.22. The van der Waals surface area contributed by atoms with E-state index in [0.717, 1.165) is 28.1 Å². The fourth-order valence-corrected chi connectivity index (χ4v) is 2.15. The summed E-state index contributed by atoms with van der Waals surface area (Å²) in [5.41, 5.74) is 13.6. The summed E-state index contributed by atoms with van der Waals surface area (Å²) in [6, 6.07) is 3.81. The summed E-state index contributed by atoms with van der Waals surface area (Å²) in [5.74, 6) is 5.66. The lowest BCUT2D eigenvalue weighted by Crippen LogP contribution is -2.31. The van der Waals surface area contributed by atoms with E-state index in [2.05, 4.69) is 21.5 Å². The van der Waals surface area contributed by atoms with Crippen molar-refractivity contribution >= 4 is 5.69 Å². The second-order valence-electron chi connectivity index (χ2n) is 4.71. The highest BCUT2D eigenvalue weighted by atomic mass is 15.2. The highest BCUT2D eigenvalue weighted by Gasteiger charge is 2.16. The van der Waals surface area contributed by atoms with E-state index in [4.69, 9.17) is 11.6 Å². The Hall–Kier alpha value is -1.98. The summed E-state index contributed by atoms with van der Waals surface area (Å²) in [7, 11) is 0. The number of nitrogen functional groups attached to an aromatic ring is 1. The number of pyridine rings is 2. The van der Waals surface area contributed by atoms with Crippen molar-refractivity contribution in [2.75, 3.05) is 5.73 Å². The van der Waals surface area contributed by atoms with Gasteiger partial charge < -0.3 is 5.73 Å². The van der Waals surface area contributed by atoms with Gasteiger partial charge in [-0.1, -0.05) is 6.07 Å². The molecule has 0 aliphatic rings. The first-order chi connectivity index (χ1) is 9.11. The van der Waals surface area contributed by atoms with E-state index >= 15 is 0 Å². The molecule has 5 N–H and O–H groups in total. The number of aromatic nitrogens is 2. The van der Waals surface area contributed by atoms with Crippen LogP contribution in [0.15, 0.2) is 30.7 Å². The molecule has 0 aliphatic carbocycles. The number of nitrogens with zero attached hydrogens (tertiary/aromatic N) is 2. The van der Waals surface area contributed by atoms with Crippen LogP contribution in [0, 0.1) is 13.8 Å². The van der Waals surface area contributed by atoms with Gasteiger partial charge in [-0.2, -0.15) is 0 Å². The third kappa shape index (κ3) is 3.07. The lowest BCUT2D eigenvalue weighted by atomic mass is 10.00. The predicted molar refractivity (Wildman–Crippen MR) is 76.1 cm³/mol. The van der Waals surface area contributed by atoms with Crippen LogP contribution in [-0.4, -0.2) is 9.97 Å². The van der Waals surface area contributed by atoms with Crippen molar-refractivity contribution in [1.82, 2.24) is 15.4 Å². The summed E-state index contributed by atoms with van der Waals surface area (Å²) < 4.78 is 0. The molecule has 2 aromatic heterocycles. The summed E-state index contributed by atoms with van der Waals surface area (Å²) >= 11 is 0. The molecule has 2 heterocycles. The molecule has 1 atom stereocenters. The molecule has 0 aromatic carbocycles. The third-order valence-corrected chi connectivity index (χ3v) is 3.15. The Balaban J connectivity index is 2.28. The van der Waals surface area contributed by atoms with Gasteiger partial charge in [-0.05, 0) is 43.0 Å². The predicted octanol–water partition coefficient (Wildman–Crippen LogP) is 1.42. The van der Waals surface area contributed by atoms with E-state index < -0.39 is 0 Å². The molecule has 0 fully saturated rings. The van der Waals surface area contributed by atoms with Crippen LogP contribution >= 0.6 is 0 Å². The van der Waals surface area contributed by atoms with Crippen molar-refractivity contribution in [3.8, 4) is 0 Å². The van der Waals surface area contributed by atoms with Crippen LogP contribution in [0.5, 0.6) is 0 Å². The standard InChI is InChI=1S/C14H19N5/c1-9-5-10(2)14(18-7-9)13(19-16)6-11-8-17-4-3-12(11)15/h3-5,7-8,13,19H,6,16H2,1-2H3,(H2,15,17). The van der Waals surface area contributed by atoms with Crippen LogP contribution in [0.1, 0.15) is 28.4 Å². The molecule has 0 spiro atoms. The van der Waals surface area contributed by atoms with Crippen LogP contribution < -0.4 is 17.0 Å². The van der Waals surface area contributed by atoms with Gasteiger partial charge in [-0.25, -0.2) is 0 Å². The average molecular weight is 257 g/mol. The second kappa shape index (κ2) is 5.77. The summed E-state index contributed by atoms with van der Waals surface area (Å²) in [6.45, 7) is 4.06. The number of anilines is 1. The number of hydrazine groups is 1. The zero-order valence-corrected chi connectivity index (χ0v) is 11.2. The van der Waals surface area contributed by atoms with Crippen molar-refractivity contribution in [3.05, 3.63) is 53.1 Å². The minimum Gasteiger partial charge on any atom is -0.398 e. The Morgan fingerprint density at radius 3 is 2.74 bits per heavy atom. The Kier molecular flexibility index (Phi) is 4.09. The van der Waals surface area contributed by atoms with Gasteiger partial charge >= 0.3 is 0 Å². The molecule has 5 heteroatoms. The number of hydrogen-bond acceptors (Lipinski definition) is 5. The largest absolute Gasteiger partial charge is 0.398 e. The van der Waals surface area contributed by atoms with E-state index in [9.17, 15) is 0 Å². The maximum atomic E-state index is 5.93. The van der Waals surface area contributed by atoms with Crippen molar-refractivity contribution in [2.24, 2.45) is 5.84 Å². The first-order valence-electron chi connectivity index (χ1n) is 6.19. The molecule has 19 heavy (non-hydrogen) atoms. The van der Waals surface area contributed by atoms with Crippen molar-refractivity contribution in [1.29, 1.82) is 0 Å². The monoisotopic (exact) mass is 257 g/mol. The third-order valence-electron chi connectivity index (χ3n) is 3.15. The molecule has 0 saturated heterocycles. The first kappa shape index (κ1) is 13.5. The normalized spacial score (nSPS) is 12.4. The number of aryl methyl sites for hydroxylation is 2. The van der Waals surface area contributed by atoms with Crippen molar-refractivity contribution < 1.29 is 0 Å². The molecule has 100 valence electrons. The minimum atomic E-state index is -0.0768. The topological polar surface area (TPSA) is 89.8 Å². The molecular formula is C14H19N5. The lowest BCUT2D eigenvalue weighted by Gasteiger charge is -2.18. The quantitative estimate of drug-likeness (QED) is 0.569. The highest BCUT2D eigenvalue weighted by molar-refractivity contribution is 5.45. The summed E-state index contributed by atoms with van der Waals surface area (Å²) in [6.07, 6.45) is 5.95. The van der Waals surface area contributed by atoms with E-state index in [1.54, 1.807) is 18.5 Å². The molecule has 2 rings (SSSR count). The molecule has 5 nitrogen and oxygen atoms in total. The summed E-state index contributed by atoms with van der Waals surface area (Å²) in [4.78, 5) is 8.57. The molecule has 0 bridgehead atoms. The van der Waals surface area contributed by atoms with E-state index in [1.165, 1.54) is 0 Å². The number of nitrogens with two attached hydrogens (primary N) is 2. The van der Waals surface area contributed by atoms with E-state index in [1.807, 2.05) is 20.0 Å². The summed E-state index contributed by atoms with van der Waals surface area (Å²) in [5, 5.41) is 0. The molecular weight excluding hydrogens is 238 g/mol. The van der Waals surface area contributed by atoms with Gasteiger partial charge in [0.25, 0.3) is 0 Å². The van der Waals surface area contributed by atoms with Gasteiger partial charge in [-0.3, -0.25) is 21.2 Å². The molecule has 2 aromatic rings.